The summed E-state index contributed by atoms with van der Waals surface area (Å²) in [5.41, 5.74) is 8.17. The lowest BCUT2D eigenvalue weighted by atomic mass is 10.00. The van der Waals surface area contributed by atoms with Gasteiger partial charge in [-0.1, -0.05) is 116 Å². The highest BCUT2D eigenvalue weighted by molar-refractivity contribution is 5.84. The van der Waals surface area contributed by atoms with Crippen LogP contribution < -0.4 is 0 Å². The molecule has 2 aliphatic heterocycles. The maximum absolute atomic E-state index is 14.4. The van der Waals surface area contributed by atoms with Gasteiger partial charge in [0.15, 0.2) is 0 Å². The van der Waals surface area contributed by atoms with Crippen molar-refractivity contribution in [3.05, 3.63) is 144 Å². The second-order valence-electron chi connectivity index (χ2n) is 16.0. The fourth-order valence-corrected chi connectivity index (χ4v) is 8.69. The van der Waals surface area contributed by atoms with Gasteiger partial charge in [0.1, 0.15) is 23.7 Å². The van der Waals surface area contributed by atoms with Gasteiger partial charge in [0, 0.05) is 13.6 Å². The molecule has 2 saturated heterocycles. The van der Waals surface area contributed by atoms with Crippen molar-refractivity contribution in [2.24, 2.45) is 0 Å². The van der Waals surface area contributed by atoms with Gasteiger partial charge in [-0.05, 0) is 93.2 Å². The summed E-state index contributed by atoms with van der Waals surface area (Å²) in [6.07, 6.45) is 9.10. The first-order valence-electron chi connectivity index (χ1n) is 20.7. The van der Waals surface area contributed by atoms with E-state index in [4.69, 9.17) is 4.98 Å². The Bertz CT molecular complexity index is 2280. The number of likely N-dealkylation sites (tertiary alicyclic amines) is 2. The van der Waals surface area contributed by atoms with Gasteiger partial charge >= 0.3 is 0 Å². The van der Waals surface area contributed by atoms with Gasteiger partial charge in [0.2, 0.25) is 11.8 Å². The molecule has 0 radical (unpaired) electrons. The topological polar surface area (TPSA) is 104 Å². The predicted molar refractivity (Wildman–Crippen MR) is 229 cm³/mol. The quantitative estimate of drug-likeness (QED) is 0.129. The van der Waals surface area contributed by atoms with Crippen LogP contribution in [0.15, 0.2) is 122 Å². The molecule has 58 heavy (non-hydrogen) atoms. The number of nitrogens with one attached hydrogen (secondary N) is 2. The van der Waals surface area contributed by atoms with Crippen LogP contribution in [0.25, 0.3) is 33.6 Å². The normalized spacial score (nSPS) is 17.6. The molecule has 4 atom stereocenters. The molecule has 6 aromatic rings. The average molecular weight is 775 g/mol. The number of H-pyrrole nitrogens is 2. The molecular weight excluding hydrogens is 721 g/mol. The Kier molecular flexibility index (Phi) is 11.7. The predicted octanol–water partition coefficient (Wildman–Crippen LogP) is 8.85. The number of nitrogens with zero attached hydrogens (tertiary/aromatic N) is 6. The first-order chi connectivity index (χ1) is 28.3. The Morgan fingerprint density at radius 2 is 1.21 bits per heavy atom. The number of likely N-dealkylation sites (N-methyl/N-ethyl adjacent to an activating group) is 2. The second-order valence-corrected chi connectivity index (χ2v) is 16.0. The number of carbonyl (C=O) groups is 2. The van der Waals surface area contributed by atoms with Crippen LogP contribution in [0, 0.1) is 0 Å². The van der Waals surface area contributed by atoms with Crippen LogP contribution in [-0.4, -0.2) is 92.1 Å². The number of aromatic amines is 2. The zero-order valence-electron chi connectivity index (χ0n) is 34.0. The Morgan fingerprint density at radius 1 is 0.655 bits per heavy atom. The van der Waals surface area contributed by atoms with Crippen molar-refractivity contribution in [2.45, 2.75) is 63.2 Å². The van der Waals surface area contributed by atoms with Crippen molar-refractivity contribution in [1.29, 1.82) is 0 Å². The fourth-order valence-electron chi connectivity index (χ4n) is 8.69. The first kappa shape index (κ1) is 39.0. The van der Waals surface area contributed by atoms with E-state index in [0.29, 0.717) is 0 Å². The van der Waals surface area contributed by atoms with E-state index in [2.05, 4.69) is 85.4 Å². The summed E-state index contributed by atoms with van der Waals surface area (Å²) in [6.45, 7) is 4.65. The summed E-state index contributed by atoms with van der Waals surface area (Å²) >= 11 is 0. The van der Waals surface area contributed by atoms with Crippen LogP contribution in [0.4, 0.5) is 0 Å². The molecule has 4 aromatic carbocycles. The minimum absolute atomic E-state index is 0.0118. The van der Waals surface area contributed by atoms with Gasteiger partial charge in [0.25, 0.3) is 0 Å². The van der Waals surface area contributed by atoms with E-state index >= 15 is 0 Å². The minimum atomic E-state index is -0.385. The molecule has 2 amide bonds. The number of hydrogen-bond donors (Lipinski definition) is 2. The van der Waals surface area contributed by atoms with E-state index < -0.39 is 0 Å². The van der Waals surface area contributed by atoms with Crippen molar-refractivity contribution < 1.29 is 9.59 Å². The van der Waals surface area contributed by atoms with Crippen molar-refractivity contribution in [1.82, 2.24) is 39.5 Å². The summed E-state index contributed by atoms with van der Waals surface area (Å²) in [4.78, 5) is 52.8. The summed E-state index contributed by atoms with van der Waals surface area (Å²) in [5.74, 6) is 1.78. The third kappa shape index (κ3) is 8.12. The molecule has 0 aliphatic carbocycles. The molecule has 2 aliphatic rings. The van der Waals surface area contributed by atoms with Crippen LogP contribution in [-0.2, 0) is 9.59 Å². The minimum Gasteiger partial charge on any atom is -0.340 e. The van der Waals surface area contributed by atoms with E-state index in [1.54, 1.807) is 4.90 Å². The van der Waals surface area contributed by atoms with Crippen LogP contribution in [0.2, 0.25) is 0 Å². The fraction of sp³-hybridized carbons (Fsp3) is 0.333. The Hall–Kier alpha value is -5.84. The van der Waals surface area contributed by atoms with Crippen LogP contribution in [0.1, 0.15) is 86.0 Å². The number of rotatable bonds is 12. The molecule has 2 fully saturated rings. The number of benzene rings is 4. The molecule has 2 aromatic heterocycles. The lowest BCUT2D eigenvalue weighted by molar-refractivity contribution is -0.139. The van der Waals surface area contributed by atoms with Gasteiger partial charge in [-0.3, -0.25) is 19.4 Å². The summed E-state index contributed by atoms with van der Waals surface area (Å²) in [5, 5.41) is 0. The highest BCUT2D eigenvalue weighted by Gasteiger charge is 2.39. The number of imidazole rings is 2. The van der Waals surface area contributed by atoms with Crippen LogP contribution in [0.3, 0.4) is 0 Å². The number of carbonyl (C=O) groups excluding carboxylic acids is 2. The molecule has 0 spiro atoms. The maximum Gasteiger partial charge on any atom is 0.245 e. The summed E-state index contributed by atoms with van der Waals surface area (Å²) in [7, 11) is 5.70. The van der Waals surface area contributed by atoms with Gasteiger partial charge in [0.05, 0.1) is 35.9 Å². The highest BCUT2D eigenvalue weighted by atomic mass is 16.2. The third-order valence-electron chi connectivity index (χ3n) is 12.1. The van der Waals surface area contributed by atoms with E-state index in [0.717, 1.165) is 102 Å². The lowest BCUT2D eigenvalue weighted by Gasteiger charge is -2.37. The van der Waals surface area contributed by atoms with Gasteiger partial charge < -0.3 is 19.8 Å². The van der Waals surface area contributed by atoms with Crippen molar-refractivity contribution in [3.8, 4) is 33.6 Å². The molecule has 10 nitrogen and oxygen atoms in total. The molecule has 8 rings (SSSR count). The van der Waals surface area contributed by atoms with Crippen LogP contribution in [0.5, 0.6) is 0 Å². The second kappa shape index (κ2) is 17.3. The molecule has 4 heterocycles. The van der Waals surface area contributed by atoms with E-state index in [9.17, 15) is 9.59 Å². The highest BCUT2D eigenvalue weighted by Crippen LogP contribution is 2.37. The summed E-state index contributed by atoms with van der Waals surface area (Å²) in [6, 6.07) is 36.2. The molecule has 10 heteroatoms. The van der Waals surface area contributed by atoms with E-state index in [-0.39, 0.29) is 36.0 Å². The zero-order chi connectivity index (χ0) is 40.2. The Morgan fingerprint density at radius 3 is 1.81 bits per heavy atom. The zero-order valence-corrected chi connectivity index (χ0v) is 34.0. The average Bonchev–Trinajstić information content (AvgIpc) is 4.07. The molecule has 2 N–H and O–H groups in total. The molecule has 3 unspecified atom stereocenters. The largest absolute Gasteiger partial charge is 0.340 e. The van der Waals surface area contributed by atoms with Crippen molar-refractivity contribution in [2.75, 3.05) is 40.8 Å². The SMILES string of the molecule is CC(c1ncc(-c2ccc(-c3ccc(-c4cnc([C@@H]5CCCN5C(=O)C(c5ccccc5)N5CCCCC5)[nH]4)cc3)cc2)[nH]1)N(C)C(=O)C(c1ccccc1)N(C)C. The summed E-state index contributed by atoms with van der Waals surface area (Å²) < 4.78 is 0. The van der Waals surface area contributed by atoms with Crippen LogP contribution >= 0.6 is 0 Å². The number of hydrogen-bond acceptors (Lipinski definition) is 6. The molecule has 298 valence electrons. The number of aromatic nitrogens is 4. The third-order valence-corrected chi connectivity index (χ3v) is 12.1. The molecular formula is C48H54N8O2. The van der Waals surface area contributed by atoms with Crippen molar-refractivity contribution in [3.63, 3.8) is 0 Å². The van der Waals surface area contributed by atoms with E-state index in [1.807, 2.05) is 93.9 Å². The molecule has 0 saturated carbocycles. The first-order valence-corrected chi connectivity index (χ1v) is 20.7. The van der Waals surface area contributed by atoms with Gasteiger partial charge in [-0.25, -0.2) is 9.97 Å². The van der Waals surface area contributed by atoms with Gasteiger partial charge in [-0.15, -0.1) is 0 Å². The Labute approximate surface area is 341 Å². The maximum atomic E-state index is 14.4. The number of amides is 2. The Balaban J connectivity index is 0.922. The molecule has 0 bridgehead atoms. The van der Waals surface area contributed by atoms with Crippen molar-refractivity contribution >= 4 is 11.8 Å². The van der Waals surface area contributed by atoms with E-state index in [1.165, 1.54) is 6.42 Å². The lowest BCUT2D eigenvalue weighted by Crippen LogP contribution is -2.44. The smallest absolute Gasteiger partial charge is 0.245 e. The van der Waals surface area contributed by atoms with Gasteiger partial charge in [-0.2, -0.15) is 0 Å². The standard InChI is InChI=1S/C48H54N8O2/c1-33(54(4)47(57)43(53(2)3)38-15-8-5-9-16-38)45-49-31-40(51-45)36-24-20-34(21-25-36)35-22-26-37(27-23-35)41-32-50-46(52-41)42-19-14-30-56(42)48(58)44(39-17-10-6-11-18-39)55-28-12-7-13-29-55/h5-6,8-11,15-18,20-27,31-33,42-44H,7,12-14,19,28-30H2,1-4H3,(H,49,51)(H,50,52)/t33?,42-,43?,44?/m0/s1. The monoisotopic (exact) mass is 774 g/mol. The number of piperidine rings is 1.